The smallest absolute Gasteiger partial charge is 0.241 e. The van der Waals surface area contributed by atoms with E-state index in [0.717, 1.165) is 28.0 Å². The lowest BCUT2D eigenvalue weighted by molar-refractivity contribution is -0.113. The highest BCUT2D eigenvalue weighted by molar-refractivity contribution is 5.93. The van der Waals surface area contributed by atoms with E-state index in [-0.39, 0.29) is 6.10 Å². The van der Waals surface area contributed by atoms with Gasteiger partial charge in [0.2, 0.25) is 5.91 Å². The highest BCUT2D eigenvalue weighted by Gasteiger charge is 2.11. The maximum atomic E-state index is 11.1. The molecule has 0 saturated heterocycles. The average molecular weight is 321 g/mol. The van der Waals surface area contributed by atoms with Crippen LogP contribution in [-0.4, -0.2) is 5.91 Å². The molecule has 0 aliphatic carbocycles. The van der Waals surface area contributed by atoms with Crippen LogP contribution in [0.2, 0.25) is 0 Å². The minimum absolute atomic E-state index is 0.0529. The minimum atomic E-state index is -0.448. The Bertz CT molecular complexity index is 748. The lowest BCUT2D eigenvalue weighted by Gasteiger charge is -2.18. The summed E-state index contributed by atoms with van der Waals surface area (Å²) < 4.78 is 6.14. The lowest BCUT2D eigenvalue weighted by atomic mass is 10.0. The highest BCUT2D eigenvalue weighted by atomic mass is 16.5. The topological polar surface area (TPSA) is 52.3 Å². The van der Waals surface area contributed by atoms with Gasteiger partial charge in [0, 0.05) is 6.08 Å². The zero-order valence-corrected chi connectivity index (χ0v) is 14.2. The van der Waals surface area contributed by atoms with Gasteiger partial charge in [-0.25, -0.2) is 0 Å². The Labute approximate surface area is 143 Å². The van der Waals surface area contributed by atoms with Crippen LogP contribution in [0, 0.1) is 0 Å². The summed E-state index contributed by atoms with van der Waals surface area (Å²) in [6, 6.07) is 16.0. The van der Waals surface area contributed by atoms with Crippen molar-refractivity contribution in [3.05, 3.63) is 84.0 Å². The molecule has 0 bridgehead atoms. The first-order valence-electron chi connectivity index (χ1n) is 7.94. The van der Waals surface area contributed by atoms with Crippen molar-refractivity contribution in [2.45, 2.75) is 26.4 Å². The molecule has 2 N–H and O–H groups in total. The third kappa shape index (κ3) is 4.59. The fraction of sp³-hybridized carbons (Fsp3) is 0.190. The van der Waals surface area contributed by atoms with E-state index in [0.29, 0.717) is 6.42 Å². The number of primary amides is 1. The first kappa shape index (κ1) is 17.5. The Morgan fingerprint density at radius 2 is 1.96 bits per heavy atom. The molecule has 0 aliphatic rings. The summed E-state index contributed by atoms with van der Waals surface area (Å²) in [5.74, 6) is 0.373. The van der Waals surface area contributed by atoms with Crippen molar-refractivity contribution in [1.82, 2.24) is 0 Å². The van der Waals surface area contributed by atoms with Gasteiger partial charge in [-0.2, -0.15) is 0 Å². The molecule has 0 spiro atoms. The molecule has 3 heteroatoms. The SMILES string of the molecule is C=CCc1cc(/C(C)=C\C(N)=O)ccc1OC(C)c1ccccc1. The Morgan fingerprint density at radius 3 is 2.58 bits per heavy atom. The van der Waals surface area contributed by atoms with Crippen LogP contribution in [0.4, 0.5) is 0 Å². The number of benzene rings is 2. The fourth-order valence-corrected chi connectivity index (χ4v) is 2.53. The number of carbonyl (C=O) groups is 1. The second-order valence-electron chi connectivity index (χ2n) is 5.72. The van der Waals surface area contributed by atoms with E-state index >= 15 is 0 Å². The maximum Gasteiger partial charge on any atom is 0.241 e. The number of amides is 1. The van der Waals surface area contributed by atoms with Gasteiger partial charge in [-0.3, -0.25) is 4.79 Å². The lowest BCUT2D eigenvalue weighted by Crippen LogP contribution is -2.07. The van der Waals surface area contributed by atoms with Crippen LogP contribution in [0.25, 0.3) is 5.57 Å². The quantitative estimate of drug-likeness (QED) is 0.605. The number of nitrogens with two attached hydrogens (primary N) is 1. The van der Waals surface area contributed by atoms with Gasteiger partial charge in [-0.1, -0.05) is 42.5 Å². The van der Waals surface area contributed by atoms with Crippen LogP contribution in [0.3, 0.4) is 0 Å². The Morgan fingerprint density at radius 1 is 1.25 bits per heavy atom. The molecule has 2 aromatic rings. The molecule has 1 amide bonds. The number of hydrogen-bond acceptors (Lipinski definition) is 2. The number of rotatable bonds is 7. The fourth-order valence-electron chi connectivity index (χ4n) is 2.53. The number of ether oxygens (including phenoxy) is 1. The van der Waals surface area contributed by atoms with Crippen LogP contribution in [-0.2, 0) is 11.2 Å². The predicted octanol–water partition coefficient (Wildman–Crippen LogP) is 4.44. The van der Waals surface area contributed by atoms with Crippen molar-refractivity contribution in [1.29, 1.82) is 0 Å². The van der Waals surface area contributed by atoms with Crippen LogP contribution >= 0.6 is 0 Å². The first-order chi connectivity index (χ1) is 11.5. The number of allylic oxidation sites excluding steroid dienone is 2. The van der Waals surface area contributed by atoms with Crippen molar-refractivity contribution >= 4 is 11.5 Å². The van der Waals surface area contributed by atoms with Gasteiger partial charge in [0.1, 0.15) is 11.9 Å². The number of hydrogen-bond donors (Lipinski definition) is 1. The molecular formula is C21H23NO2. The summed E-state index contributed by atoms with van der Waals surface area (Å²) in [6.07, 6.45) is 3.91. The molecule has 0 saturated carbocycles. The monoisotopic (exact) mass is 321 g/mol. The van der Waals surface area contributed by atoms with Crippen LogP contribution in [0.15, 0.2) is 67.3 Å². The summed E-state index contributed by atoms with van der Waals surface area (Å²) in [6.45, 7) is 7.71. The molecule has 3 nitrogen and oxygen atoms in total. The van der Waals surface area contributed by atoms with Crippen molar-refractivity contribution in [2.75, 3.05) is 0 Å². The molecule has 2 rings (SSSR count). The standard InChI is InChI=1S/C21H23NO2/c1-4-8-19-14-18(15(2)13-21(22)23)11-12-20(19)24-16(3)17-9-6-5-7-10-17/h4-7,9-14,16H,1,8H2,2-3H3,(H2,22,23)/b15-13-. The second-order valence-corrected chi connectivity index (χ2v) is 5.72. The average Bonchev–Trinajstić information content (AvgIpc) is 2.56. The largest absolute Gasteiger partial charge is 0.486 e. The second kappa shape index (κ2) is 8.16. The molecule has 0 fully saturated rings. The summed E-state index contributed by atoms with van der Waals surface area (Å²) in [5, 5.41) is 0. The number of carbonyl (C=O) groups excluding carboxylic acids is 1. The highest BCUT2D eigenvalue weighted by Crippen LogP contribution is 2.29. The summed E-state index contributed by atoms with van der Waals surface area (Å²) in [7, 11) is 0. The van der Waals surface area contributed by atoms with E-state index in [1.54, 1.807) is 0 Å². The van der Waals surface area contributed by atoms with Gasteiger partial charge in [-0.15, -0.1) is 6.58 Å². The van der Waals surface area contributed by atoms with Gasteiger partial charge in [0.15, 0.2) is 0 Å². The molecule has 24 heavy (non-hydrogen) atoms. The van der Waals surface area contributed by atoms with E-state index in [9.17, 15) is 4.79 Å². The van der Waals surface area contributed by atoms with Gasteiger partial charge in [-0.05, 0) is 54.7 Å². The van der Waals surface area contributed by atoms with Crippen LogP contribution in [0.5, 0.6) is 5.75 Å². The molecule has 1 unspecified atom stereocenters. The molecule has 2 aromatic carbocycles. The van der Waals surface area contributed by atoms with Crippen LogP contribution in [0.1, 0.15) is 36.6 Å². The Kier molecular flexibility index (Phi) is 5.96. The van der Waals surface area contributed by atoms with Crippen molar-refractivity contribution in [3.8, 4) is 5.75 Å². The van der Waals surface area contributed by atoms with Crippen LogP contribution < -0.4 is 10.5 Å². The molecule has 124 valence electrons. The maximum absolute atomic E-state index is 11.1. The Balaban J connectivity index is 2.29. The summed E-state index contributed by atoms with van der Waals surface area (Å²) in [5.41, 5.74) is 9.16. The van der Waals surface area contributed by atoms with Crippen molar-refractivity contribution < 1.29 is 9.53 Å². The van der Waals surface area contributed by atoms with E-state index in [2.05, 4.69) is 6.58 Å². The van der Waals surface area contributed by atoms with E-state index in [1.807, 2.05) is 68.5 Å². The molecule has 0 aromatic heterocycles. The van der Waals surface area contributed by atoms with Gasteiger partial charge < -0.3 is 10.5 Å². The summed E-state index contributed by atoms with van der Waals surface area (Å²) >= 11 is 0. The predicted molar refractivity (Wildman–Crippen MR) is 98.7 cm³/mol. The van der Waals surface area contributed by atoms with E-state index in [1.165, 1.54) is 6.08 Å². The van der Waals surface area contributed by atoms with Crippen molar-refractivity contribution in [2.24, 2.45) is 5.73 Å². The zero-order valence-electron chi connectivity index (χ0n) is 14.2. The molecular weight excluding hydrogens is 298 g/mol. The van der Waals surface area contributed by atoms with Gasteiger partial charge in [0.05, 0.1) is 0 Å². The third-order valence-corrected chi connectivity index (χ3v) is 3.81. The molecule has 0 heterocycles. The first-order valence-corrected chi connectivity index (χ1v) is 7.94. The third-order valence-electron chi connectivity index (χ3n) is 3.81. The zero-order chi connectivity index (χ0) is 17.5. The molecule has 0 radical (unpaired) electrons. The minimum Gasteiger partial charge on any atom is -0.486 e. The van der Waals surface area contributed by atoms with Gasteiger partial charge >= 0.3 is 0 Å². The van der Waals surface area contributed by atoms with Crippen molar-refractivity contribution in [3.63, 3.8) is 0 Å². The normalized spacial score (nSPS) is 12.5. The van der Waals surface area contributed by atoms with E-state index in [4.69, 9.17) is 10.5 Å². The molecule has 1 atom stereocenters. The van der Waals surface area contributed by atoms with E-state index < -0.39 is 5.91 Å². The summed E-state index contributed by atoms with van der Waals surface area (Å²) in [4.78, 5) is 11.1. The van der Waals surface area contributed by atoms with Gasteiger partial charge in [0.25, 0.3) is 0 Å². The molecule has 0 aliphatic heterocycles. The Hall–Kier alpha value is -2.81.